The number of halogens is 1. The van der Waals surface area contributed by atoms with E-state index in [4.69, 9.17) is 11.6 Å². The molecule has 20 heavy (non-hydrogen) atoms. The van der Waals surface area contributed by atoms with Crippen molar-refractivity contribution in [2.24, 2.45) is 0 Å². The van der Waals surface area contributed by atoms with Crippen LogP contribution in [0.15, 0.2) is 48.9 Å². The number of aryl methyl sites for hydroxylation is 1. The molecule has 0 aliphatic heterocycles. The Labute approximate surface area is 123 Å². The molecule has 0 fully saturated rings. The standard InChI is InChI=1S/C15H16ClN3O/c16-14-12-13(7-8-17-14)18-15(20)6-2-5-11-19-9-3-1-4-10-19/h1,3-4,7-10,12H,2,5-6,11H2/p+1. The smallest absolute Gasteiger partial charge is 0.224 e. The predicted molar refractivity (Wildman–Crippen MR) is 78.4 cm³/mol. The number of aromatic nitrogens is 2. The van der Waals surface area contributed by atoms with Gasteiger partial charge in [0.15, 0.2) is 12.4 Å². The summed E-state index contributed by atoms with van der Waals surface area (Å²) >= 11 is 5.76. The number of anilines is 1. The summed E-state index contributed by atoms with van der Waals surface area (Å²) < 4.78 is 2.11. The van der Waals surface area contributed by atoms with Gasteiger partial charge >= 0.3 is 0 Å². The van der Waals surface area contributed by atoms with E-state index in [-0.39, 0.29) is 5.91 Å². The molecule has 2 heterocycles. The molecule has 1 amide bonds. The van der Waals surface area contributed by atoms with Crippen LogP contribution >= 0.6 is 11.6 Å². The first kappa shape index (κ1) is 14.5. The molecule has 2 aromatic heterocycles. The molecule has 0 saturated heterocycles. The fourth-order valence-corrected chi connectivity index (χ4v) is 2.04. The lowest BCUT2D eigenvalue weighted by Crippen LogP contribution is -2.32. The van der Waals surface area contributed by atoms with Gasteiger partial charge in [0, 0.05) is 36.9 Å². The molecule has 4 nitrogen and oxygen atoms in total. The maximum absolute atomic E-state index is 11.8. The zero-order valence-electron chi connectivity index (χ0n) is 11.1. The summed E-state index contributed by atoms with van der Waals surface area (Å²) in [6.07, 6.45) is 7.96. The monoisotopic (exact) mass is 290 g/mol. The third-order valence-electron chi connectivity index (χ3n) is 2.86. The fourth-order valence-electron chi connectivity index (χ4n) is 1.87. The van der Waals surface area contributed by atoms with Gasteiger partial charge in [-0.2, -0.15) is 0 Å². The van der Waals surface area contributed by atoms with Crippen molar-refractivity contribution in [1.82, 2.24) is 4.98 Å². The number of rotatable bonds is 6. The van der Waals surface area contributed by atoms with E-state index in [2.05, 4.69) is 14.9 Å². The van der Waals surface area contributed by atoms with Gasteiger partial charge in [-0.05, 0) is 18.6 Å². The summed E-state index contributed by atoms with van der Waals surface area (Å²) in [6, 6.07) is 9.35. The quantitative estimate of drug-likeness (QED) is 0.505. The molecule has 0 radical (unpaired) electrons. The van der Waals surface area contributed by atoms with Crippen molar-refractivity contribution in [2.75, 3.05) is 5.32 Å². The van der Waals surface area contributed by atoms with Gasteiger partial charge in [0.2, 0.25) is 5.91 Å². The van der Waals surface area contributed by atoms with Crippen molar-refractivity contribution in [3.8, 4) is 0 Å². The van der Waals surface area contributed by atoms with Crippen LogP contribution in [0.2, 0.25) is 5.15 Å². The molecule has 0 aromatic carbocycles. The van der Waals surface area contributed by atoms with E-state index in [0.29, 0.717) is 17.3 Å². The molecule has 0 saturated carbocycles. The van der Waals surface area contributed by atoms with Crippen molar-refractivity contribution < 1.29 is 9.36 Å². The van der Waals surface area contributed by atoms with Crippen LogP contribution in [0.4, 0.5) is 5.69 Å². The fraction of sp³-hybridized carbons (Fsp3) is 0.267. The number of hydrogen-bond donors (Lipinski definition) is 1. The minimum atomic E-state index is 0.00493. The summed E-state index contributed by atoms with van der Waals surface area (Å²) in [6.45, 7) is 0.926. The highest BCUT2D eigenvalue weighted by molar-refractivity contribution is 6.29. The highest BCUT2D eigenvalue weighted by atomic mass is 35.5. The third kappa shape index (κ3) is 4.97. The Hall–Kier alpha value is -1.94. The number of pyridine rings is 2. The Balaban J connectivity index is 1.68. The van der Waals surface area contributed by atoms with Crippen molar-refractivity contribution in [1.29, 1.82) is 0 Å². The van der Waals surface area contributed by atoms with Crippen LogP contribution in [0.25, 0.3) is 0 Å². The van der Waals surface area contributed by atoms with Crippen molar-refractivity contribution >= 4 is 23.2 Å². The second-order valence-electron chi connectivity index (χ2n) is 4.49. The minimum absolute atomic E-state index is 0.00493. The zero-order chi connectivity index (χ0) is 14.2. The number of unbranched alkanes of at least 4 members (excludes halogenated alkanes) is 1. The van der Waals surface area contributed by atoms with Gasteiger partial charge < -0.3 is 5.32 Å². The molecule has 0 bridgehead atoms. The summed E-state index contributed by atoms with van der Waals surface area (Å²) in [5, 5.41) is 3.19. The molecule has 0 aliphatic carbocycles. The molecular formula is C15H17ClN3O+. The predicted octanol–water partition coefficient (Wildman–Crippen LogP) is 2.83. The zero-order valence-corrected chi connectivity index (χ0v) is 11.9. The van der Waals surface area contributed by atoms with Gasteiger partial charge in [-0.1, -0.05) is 17.7 Å². The number of carbonyl (C=O) groups excluding carboxylic acids is 1. The van der Waals surface area contributed by atoms with Crippen LogP contribution in [0.5, 0.6) is 0 Å². The number of carbonyl (C=O) groups is 1. The van der Waals surface area contributed by atoms with Gasteiger partial charge in [0.25, 0.3) is 0 Å². The second kappa shape index (κ2) is 7.60. The van der Waals surface area contributed by atoms with E-state index in [1.165, 1.54) is 0 Å². The van der Waals surface area contributed by atoms with Gasteiger partial charge in [-0.15, -0.1) is 0 Å². The highest BCUT2D eigenvalue weighted by Gasteiger charge is 2.04. The first-order valence-electron chi connectivity index (χ1n) is 6.59. The Morgan fingerprint density at radius 2 is 2.05 bits per heavy atom. The van der Waals surface area contributed by atoms with Crippen LogP contribution in [0.3, 0.4) is 0 Å². The molecule has 0 unspecified atom stereocenters. The summed E-state index contributed by atoms with van der Waals surface area (Å²) in [5.41, 5.74) is 0.687. The first-order valence-corrected chi connectivity index (χ1v) is 6.97. The number of hydrogen-bond acceptors (Lipinski definition) is 2. The molecule has 2 rings (SSSR count). The lowest BCUT2D eigenvalue weighted by Gasteiger charge is -2.04. The minimum Gasteiger partial charge on any atom is -0.326 e. The molecule has 1 N–H and O–H groups in total. The Morgan fingerprint density at radius 1 is 1.25 bits per heavy atom. The molecule has 2 aromatic rings. The molecule has 5 heteroatoms. The topological polar surface area (TPSA) is 45.9 Å². The normalized spacial score (nSPS) is 10.2. The first-order chi connectivity index (χ1) is 9.74. The maximum atomic E-state index is 11.8. The summed E-state index contributed by atoms with van der Waals surface area (Å²) in [5.74, 6) is 0.00493. The van der Waals surface area contributed by atoms with Crippen LogP contribution in [0.1, 0.15) is 19.3 Å². The third-order valence-corrected chi connectivity index (χ3v) is 3.06. The number of nitrogens with one attached hydrogen (secondary N) is 1. The Kier molecular flexibility index (Phi) is 5.50. The van der Waals surface area contributed by atoms with Crippen molar-refractivity contribution in [2.45, 2.75) is 25.8 Å². The number of nitrogens with zero attached hydrogens (tertiary/aromatic N) is 2. The molecular weight excluding hydrogens is 274 g/mol. The lowest BCUT2D eigenvalue weighted by atomic mass is 10.2. The molecule has 0 spiro atoms. The Bertz CT molecular complexity index is 560. The van der Waals surface area contributed by atoms with Crippen molar-refractivity contribution in [3.05, 3.63) is 54.1 Å². The lowest BCUT2D eigenvalue weighted by molar-refractivity contribution is -0.697. The SMILES string of the molecule is O=C(CCCC[n+]1ccccc1)Nc1ccnc(Cl)c1. The Morgan fingerprint density at radius 3 is 2.80 bits per heavy atom. The van der Waals surface area contributed by atoms with Crippen LogP contribution in [-0.4, -0.2) is 10.9 Å². The van der Waals surface area contributed by atoms with Gasteiger partial charge in [0.05, 0.1) is 0 Å². The number of amides is 1. The van der Waals surface area contributed by atoms with Crippen LogP contribution in [0, 0.1) is 0 Å². The average Bonchev–Trinajstić information content (AvgIpc) is 2.45. The molecule has 104 valence electrons. The molecule has 0 atom stereocenters. The second-order valence-corrected chi connectivity index (χ2v) is 4.87. The van der Waals surface area contributed by atoms with Gasteiger partial charge in [-0.25, -0.2) is 9.55 Å². The summed E-state index contributed by atoms with van der Waals surface area (Å²) in [7, 11) is 0. The van der Waals surface area contributed by atoms with E-state index in [0.717, 1.165) is 19.4 Å². The largest absolute Gasteiger partial charge is 0.326 e. The average molecular weight is 291 g/mol. The van der Waals surface area contributed by atoms with E-state index in [1.807, 2.05) is 30.6 Å². The maximum Gasteiger partial charge on any atom is 0.224 e. The highest BCUT2D eigenvalue weighted by Crippen LogP contribution is 2.12. The van der Waals surface area contributed by atoms with E-state index >= 15 is 0 Å². The van der Waals surface area contributed by atoms with Crippen LogP contribution < -0.4 is 9.88 Å². The van der Waals surface area contributed by atoms with Crippen LogP contribution in [-0.2, 0) is 11.3 Å². The van der Waals surface area contributed by atoms with E-state index in [1.54, 1.807) is 18.3 Å². The van der Waals surface area contributed by atoms with Gasteiger partial charge in [-0.3, -0.25) is 4.79 Å². The van der Waals surface area contributed by atoms with E-state index in [9.17, 15) is 4.79 Å². The van der Waals surface area contributed by atoms with E-state index < -0.39 is 0 Å². The molecule has 0 aliphatic rings. The summed E-state index contributed by atoms with van der Waals surface area (Å²) in [4.78, 5) is 15.6. The van der Waals surface area contributed by atoms with Gasteiger partial charge in [0.1, 0.15) is 11.7 Å². The van der Waals surface area contributed by atoms with Crippen molar-refractivity contribution in [3.63, 3.8) is 0 Å².